The fourth-order valence-corrected chi connectivity index (χ4v) is 2.12. The van der Waals surface area contributed by atoms with Crippen LogP contribution >= 0.6 is 11.6 Å². The van der Waals surface area contributed by atoms with E-state index in [0.29, 0.717) is 12.1 Å². The van der Waals surface area contributed by atoms with Gasteiger partial charge in [-0.15, -0.1) is 0 Å². The van der Waals surface area contributed by atoms with Crippen molar-refractivity contribution in [3.05, 3.63) is 58.9 Å². The van der Waals surface area contributed by atoms with Crippen molar-refractivity contribution in [2.75, 3.05) is 7.11 Å². The minimum atomic E-state index is -4.64. The molecule has 1 aromatic carbocycles. The summed E-state index contributed by atoms with van der Waals surface area (Å²) in [4.78, 5) is 14.9. The number of aliphatic carboxylic acids is 1. The van der Waals surface area contributed by atoms with Crippen LogP contribution in [0.3, 0.4) is 0 Å². The predicted molar refractivity (Wildman–Crippen MR) is 80.8 cm³/mol. The van der Waals surface area contributed by atoms with Crippen LogP contribution < -0.4 is 9.84 Å². The SMILES string of the molecule is CO/C=C(/C(=O)[O-])c1ccccc1Oc1cc(C(F)(F)F)cc(Cl)n1. The molecule has 2 aromatic rings. The molecule has 5 nitrogen and oxygen atoms in total. The van der Waals surface area contributed by atoms with Gasteiger partial charge in [-0.2, -0.15) is 13.2 Å². The van der Waals surface area contributed by atoms with E-state index in [1.54, 1.807) is 0 Å². The maximum atomic E-state index is 12.8. The maximum absolute atomic E-state index is 12.8. The van der Waals surface area contributed by atoms with Gasteiger partial charge in [0.1, 0.15) is 10.9 Å². The van der Waals surface area contributed by atoms with Gasteiger partial charge < -0.3 is 19.4 Å². The number of carbonyl (C=O) groups excluding carboxylic acids is 1. The lowest BCUT2D eigenvalue weighted by Gasteiger charge is -2.15. The Balaban J connectivity index is 2.47. The molecule has 1 aromatic heterocycles. The van der Waals surface area contributed by atoms with Crippen LogP contribution in [-0.4, -0.2) is 18.1 Å². The normalized spacial score (nSPS) is 12.0. The molecular formula is C16H10ClF3NO4-. The van der Waals surface area contributed by atoms with E-state index in [4.69, 9.17) is 16.3 Å². The summed E-state index contributed by atoms with van der Waals surface area (Å²) in [5, 5.41) is 10.8. The lowest BCUT2D eigenvalue weighted by molar-refractivity contribution is -0.295. The number of aromatic nitrogens is 1. The second-order valence-corrected chi connectivity index (χ2v) is 5.05. The van der Waals surface area contributed by atoms with Gasteiger partial charge in [0.25, 0.3) is 0 Å². The van der Waals surface area contributed by atoms with Crippen molar-refractivity contribution >= 4 is 23.1 Å². The second-order valence-electron chi connectivity index (χ2n) is 4.67. The number of pyridine rings is 1. The first-order valence-electron chi connectivity index (χ1n) is 6.68. The number of hydrogen-bond acceptors (Lipinski definition) is 5. The van der Waals surface area contributed by atoms with Gasteiger partial charge in [0.2, 0.25) is 5.88 Å². The molecule has 0 saturated carbocycles. The summed E-state index contributed by atoms with van der Waals surface area (Å²) < 4.78 is 48.5. The molecule has 0 N–H and O–H groups in total. The second kappa shape index (κ2) is 7.43. The quantitative estimate of drug-likeness (QED) is 0.457. The van der Waals surface area contributed by atoms with Crippen molar-refractivity contribution in [1.82, 2.24) is 4.98 Å². The molecule has 0 aliphatic rings. The predicted octanol–water partition coefficient (Wildman–Crippen LogP) is 3.28. The molecule has 2 rings (SSSR count). The third-order valence-electron chi connectivity index (χ3n) is 2.95. The average Bonchev–Trinajstić information content (AvgIpc) is 2.52. The summed E-state index contributed by atoms with van der Waals surface area (Å²) in [6.07, 6.45) is -3.72. The molecule has 0 aliphatic carbocycles. The van der Waals surface area contributed by atoms with Crippen LogP contribution in [-0.2, 0) is 15.7 Å². The van der Waals surface area contributed by atoms with E-state index in [1.807, 2.05) is 0 Å². The van der Waals surface area contributed by atoms with Crippen molar-refractivity contribution in [2.24, 2.45) is 0 Å². The van der Waals surface area contributed by atoms with Crippen LogP contribution in [0.15, 0.2) is 42.7 Å². The van der Waals surface area contributed by atoms with Crippen LogP contribution in [0.2, 0.25) is 5.15 Å². The summed E-state index contributed by atoms with van der Waals surface area (Å²) in [5.74, 6) is -2.05. The number of para-hydroxylation sites is 1. The van der Waals surface area contributed by atoms with Gasteiger partial charge in [0.15, 0.2) is 0 Å². The monoisotopic (exact) mass is 372 g/mol. The number of carboxylic acid groups (broad SMARTS) is 1. The van der Waals surface area contributed by atoms with Crippen molar-refractivity contribution in [3.63, 3.8) is 0 Å². The van der Waals surface area contributed by atoms with Crippen LogP contribution in [0.1, 0.15) is 11.1 Å². The van der Waals surface area contributed by atoms with E-state index in [-0.39, 0.29) is 16.9 Å². The summed E-state index contributed by atoms with van der Waals surface area (Å²) in [6, 6.07) is 7.07. The Hall–Kier alpha value is -2.74. The van der Waals surface area contributed by atoms with E-state index in [2.05, 4.69) is 9.72 Å². The molecular weight excluding hydrogens is 363 g/mol. The molecule has 1 heterocycles. The van der Waals surface area contributed by atoms with Gasteiger partial charge in [-0.05, 0) is 12.1 Å². The molecule has 0 bridgehead atoms. The highest BCUT2D eigenvalue weighted by molar-refractivity contribution is 6.29. The van der Waals surface area contributed by atoms with Crippen LogP contribution in [0.4, 0.5) is 13.2 Å². The van der Waals surface area contributed by atoms with E-state index in [9.17, 15) is 23.1 Å². The fourth-order valence-electron chi connectivity index (χ4n) is 1.92. The fraction of sp³-hybridized carbons (Fsp3) is 0.125. The van der Waals surface area contributed by atoms with Crippen molar-refractivity contribution < 1.29 is 32.5 Å². The van der Waals surface area contributed by atoms with E-state index in [0.717, 1.165) is 6.26 Å². The Kier molecular flexibility index (Phi) is 5.53. The zero-order valence-corrected chi connectivity index (χ0v) is 13.4. The number of methoxy groups -OCH3 is 1. The Morgan fingerprint density at radius 2 is 1.96 bits per heavy atom. The Morgan fingerprint density at radius 1 is 1.28 bits per heavy atom. The average molecular weight is 373 g/mol. The van der Waals surface area contributed by atoms with Gasteiger partial charge in [-0.1, -0.05) is 29.8 Å². The number of alkyl halides is 3. The summed E-state index contributed by atoms with van der Waals surface area (Å²) >= 11 is 5.60. The molecule has 0 aliphatic heterocycles. The smallest absolute Gasteiger partial charge is 0.416 e. The first kappa shape index (κ1) is 18.6. The van der Waals surface area contributed by atoms with E-state index in [1.165, 1.54) is 31.4 Å². The Morgan fingerprint density at radius 3 is 2.56 bits per heavy atom. The van der Waals surface area contributed by atoms with Gasteiger partial charge in [-0.3, -0.25) is 0 Å². The number of rotatable bonds is 5. The van der Waals surface area contributed by atoms with Gasteiger partial charge in [-0.25, -0.2) is 4.98 Å². The van der Waals surface area contributed by atoms with Crippen molar-refractivity contribution in [3.8, 4) is 11.6 Å². The lowest BCUT2D eigenvalue weighted by Crippen LogP contribution is -2.24. The number of carboxylic acids is 1. The first-order chi connectivity index (χ1) is 11.7. The molecule has 25 heavy (non-hydrogen) atoms. The lowest BCUT2D eigenvalue weighted by atomic mass is 10.1. The zero-order chi connectivity index (χ0) is 18.6. The Bertz CT molecular complexity index is 821. The minimum Gasteiger partial charge on any atom is -0.545 e. The minimum absolute atomic E-state index is 0.0414. The van der Waals surface area contributed by atoms with Crippen LogP contribution in [0, 0.1) is 0 Å². The van der Waals surface area contributed by atoms with Crippen molar-refractivity contribution in [1.29, 1.82) is 0 Å². The van der Waals surface area contributed by atoms with Gasteiger partial charge >= 0.3 is 6.18 Å². The van der Waals surface area contributed by atoms with E-state index >= 15 is 0 Å². The molecule has 0 unspecified atom stereocenters. The summed E-state index contributed by atoms with van der Waals surface area (Å²) in [5.41, 5.74) is -1.36. The third kappa shape index (κ3) is 4.63. The number of hydrogen-bond donors (Lipinski definition) is 0. The summed E-state index contributed by atoms with van der Waals surface area (Å²) in [7, 11) is 1.24. The maximum Gasteiger partial charge on any atom is 0.416 e. The van der Waals surface area contributed by atoms with Crippen molar-refractivity contribution in [2.45, 2.75) is 6.18 Å². The number of ether oxygens (including phenoxy) is 2. The van der Waals surface area contributed by atoms with E-state index < -0.39 is 28.7 Å². The van der Waals surface area contributed by atoms with Gasteiger partial charge in [0, 0.05) is 17.2 Å². The highest BCUT2D eigenvalue weighted by Crippen LogP contribution is 2.35. The van der Waals surface area contributed by atoms with Crippen LogP contribution in [0.5, 0.6) is 11.6 Å². The summed E-state index contributed by atoms with van der Waals surface area (Å²) in [6.45, 7) is 0. The molecule has 0 radical (unpaired) electrons. The zero-order valence-electron chi connectivity index (χ0n) is 12.6. The van der Waals surface area contributed by atoms with Gasteiger partial charge in [0.05, 0.1) is 24.9 Å². The first-order valence-corrected chi connectivity index (χ1v) is 7.06. The Labute approximate surface area is 145 Å². The van der Waals surface area contributed by atoms with Crippen LogP contribution in [0.25, 0.3) is 5.57 Å². The molecule has 132 valence electrons. The number of benzene rings is 1. The number of carbonyl (C=O) groups is 1. The molecule has 9 heteroatoms. The molecule has 0 spiro atoms. The standard InChI is InChI=1S/C16H11ClF3NO4/c1-24-8-11(15(22)23)10-4-2-3-5-12(10)25-14-7-9(16(18,19)20)6-13(17)21-14/h2-8H,1H3,(H,22,23)/p-1/b11-8+. The molecule has 0 saturated heterocycles. The molecule has 0 atom stereocenters. The topological polar surface area (TPSA) is 71.5 Å². The largest absolute Gasteiger partial charge is 0.545 e. The molecule has 0 amide bonds. The third-order valence-corrected chi connectivity index (χ3v) is 3.14. The number of nitrogens with zero attached hydrogens (tertiary/aromatic N) is 1. The number of halogens is 4. The highest BCUT2D eigenvalue weighted by Gasteiger charge is 2.32. The molecule has 0 fully saturated rings. The highest BCUT2D eigenvalue weighted by atomic mass is 35.5.